The molecule has 8 rings (SSSR count). The Kier molecular flexibility index (Phi) is 17.4. The number of carbonyl (C=O) groups is 2. The largest absolute Gasteiger partial charge is 0.488 e. The molecular weight excluding hydrogens is 1140 g/mol. The van der Waals surface area contributed by atoms with Crippen LogP contribution in [0.5, 0.6) is 23.0 Å². The predicted octanol–water partition coefficient (Wildman–Crippen LogP) is 15.1. The molecule has 0 atom stereocenters. The molecule has 0 aliphatic carbocycles. The fourth-order valence-corrected chi connectivity index (χ4v) is 8.43. The van der Waals surface area contributed by atoms with Crippen LogP contribution in [0.1, 0.15) is 43.2 Å². The monoisotopic (exact) mass is 1180 g/mol. The Labute approximate surface area is 436 Å². The van der Waals surface area contributed by atoms with Crippen LogP contribution in [0, 0.1) is 48.8 Å². The van der Waals surface area contributed by atoms with Crippen molar-refractivity contribution >= 4 is 43.8 Å². The van der Waals surface area contributed by atoms with Crippen molar-refractivity contribution in [2.75, 3.05) is 7.11 Å². The van der Waals surface area contributed by atoms with Crippen LogP contribution in [0.25, 0.3) is 33.9 Å². The topological polar surface area (TPSA) is 110 Å². The van der Waals surface area contributed by atoms with Gasteiger partial charge in [-0.3, -0.25) is 0 Å². The minimum absolute atomic E-state index is 0.211. The average Bonchev–Trinajstić information content (AvgIpc) is 3.93. The number of aromatic carboxylic acids is 1. The van der Waals surface area contributed by atoms with Crippen LogP contribution in [0.2, 0.25) is 0 Å². The molecule has 22 heteroatoms. The fraction of sp³-hybridized carbons (Fsp3) is 0.132. The second-order valence-corrected chi connectivity index (χ2v) is 17.7. The number of methoxy groups -OCH3 is 1. The molecule has 0 saturated carbocycles. The van der Waals surface area contributed by atoms with Gasteiger partial charge in [0.05, 0.1) is 29.6 Å². The lowest BCUT2D eigenvalue weighted by molar-refractivity contribution is -0.0511. The van der Waals surface area contributed by atoms with Crippen LogP contribution >= 0.6 is 31.9 Å². The molecular formula is C53H36Br2F10N2O8. The van der Waals surface area contributed by atoms with E-state index in [1.165, 1.54) is 30.3 Å². The van der Waals surface area contributed by atoms with Gasteiger partial charge < -0.3 is 37.9 Å². The van der Waals surface area contributed by atoms with E-state index < -0.39 is 95.7 Å². The Morgan fingerprint density at radius 3 is 1.27 bits per heavy atom. The molecule has 0 unspecified atom stereocenters. The molecule has 0 bridgehead atoms. The zero-order valence-electron chi connectivity index (χ0n) is 38.9. The van der Waals surface area contributed by atoms with E-state index in [1.54, 1.807) is 83.6 Å². The second-order valence-electron chi connectivity index (χ2n) is 15.9. The zero-order chi connectivity index (χ0) is 54.4. The highest BCUT2D eigenvalue weighted by Crippen LogP contribution is 2.39. The van der Waals surface area contributed by atoms with Crippen LogP contribution in [0.3, 0.4) is 0 Å². The van der Waals surface area contributed by atoms with E-state index in [-0.39, 0.29) is 22.8 Å². The maximum atomic E-state index is 14.2. The lowest BCUT2D eigenvalue weighted by atomic mass is 10.1. The van der Waals surface area contributed by atoms with Gasteiger partial charge >= 0.3 is 25.2 Å². The average molecular weight is 1180 g/mol. The Hall–Kier alpha value is -7.72. The van der Waals surface area contributed by atoms with Gasteiger partial charge in [-0.25, -0.2) is 35.9 Å². The number of benzene rings is 6. The number of alkyl halides is 4. The molecule has 2 aromatic heterocycles. The summed E-state index contributed by atoms with van der Waals surface area (Å²) in [4.78, 5) is 24.0. The standard InChI is InChI=1S/C27H19BrF5NO4.C26H17BrF5NO4/c1-14-3-6-23(34(14)17-5-8-25(38-27(32)33)19(12-17)26(35)36-2)18-9-15(28)4-7-24(18)37-13-20-21(30)10-16(29)11-22(20)31;1-13-2-5-22(33(13)16-4-7-24(37-26(31)32)18(11-16)25(34)35)17-8-14(27)3-6-23(17)36-12-19-20(29)9-15(28)10-21(19)30/h3-12,27H,13H2,1-2H3;2-11,26H,12H2,1H3,(H,34,35). The first-order valence-electron chi connectivity index (χ1n) is 21.6. The highest BCUT2D eigenvalue weighted by atomic mass is 79.9. The highest BCUT2D eigenvalue weighted by Gasteiger charge is 2.24. The summed E-state index contributed by atoms with van der Waals surface area (Å²) in [6.45, 7) is -3.87. The normalized spacial score (nSPS) is 11.1. The summed E-state index contributed by atoms with van der Waals surface area (Å²) in [5.74, 6) is -9.15. The molecule has 75 heavy (non-hydrogen) atoms. The van der Waals surface area contributed by atoms with Gasteiger partial charge in [-0.15, -0.1) is 0 Å². The third kappa shape index (κ3) is 12.8. The number of aromatic nitrogens is 2. The van der Waals surface area contributed by atoms with Gasteiger partial charge in [-0.2, -0.15) is 17.6 Å². The Morgan fingerprint density at radius 2 is 0.893 bits per heavy atom. The molecule has 8 aromatic rings. The number of esters is 1. The van der Waals surface area contributed by atoms with E-state index in [2.05, 4.69) is 41.3 Å². The van der Waals surface area contributed by atoms with Gasteiger partial charge in [-0.05, 0) is 111 Å². The number of carbonyl (C=O) groups excluding carboxylic acids is 1. The molecule has 10 nitrogen and oxygen atoms in total. The van der Waals surface area contributed by atoms with Crippen molar-refractivity contribution in [3.63, 3.8) is 0 Å². The van der Waals surface area contributed by atoms with Gasteiger partial charge in [0.2, 0.25) is 0 Å². The molecule has 0 fully saturated rings. The summed E-state index contributed by atoms with van der Waals surface area (Å²) in [5.41, 5.74) is 2.58. The number of carboxylic acids is 1. The van der Waals surface area contributed by atoms with Crippen molar-refractivity contribution in [2.24, 2.45) is 0 Å². The van der Waals surface area contributed by atoms with Crippen molar-refractivity contribution in [1.29, 1.82) is 0 Å². The van der Waals surface area contributed by atoms with Crippen molar-refractivity contribution in [1.82, 2.24) is 9.13 Å². The van der Waals surface area contributed by atoms with E-state index in [0.29, 0.717) is 78.5 Å². The summed E-state index contributed by atoms with van der Waals surface area (Å²) in [5, 5.41) is 9.53. The van der Waals surface area contributed by atoms with E-state index in [1.807, 2.05) is 0 Å². The molecule has 0 amide bonds. The third-order valence-corrected chi connectivity index (χ3v) is 12.0. The summed E-state index contributed by atoms with van der Waals surface area (Å²) < 4.78 is 164. The van der Waals surface area contributed by atoms with E-state index in [0.717, 1.165) is 13.2 Å². The number of nitrogens with zero attached hydrogens (tertiary/aromatic N) is 2. The number of hydrogen-bond acceptors (Lipinski definition) is 7. The first kappa shape index (κ1) is 55.0. The van der Waals surface area contributed by atoms with Crippen LogP contribution < -0.4 is 18.9 Å². The summed E-state index contributed by atoms with van der Waals surface area (Å²) in [6.07, 6.45) is 0. The van der Waals surface area contributed by atoms with Gasteiger partial charge in [0, 0.05) is 67.1 Å². The molecule has 0 spiro atoms. The fourth-order valence-electron chi connectivity index (χ4n) is 7.71. The minimum atomic E-state index is -3.20. The van der Waals surface area contributed by atoms with Crippen molar-refractivity contribution < 1.29 is 82.3 Å². The smallest absolute Gasteiger partial charge is 0.387 e. The molecule has 2 heterocycles. The lowest BCUT2D eigenvalue weighted by Crippen LogP contribution is -2.11. The molecule has 0 aliphatic heterocycles. The Morgan fingerprint density at radius 1 is 0.520 bits per heavy atom. The van der Waals surface area contributed by atoms with Crippen LogP contribution in [0.15, 0.2) is 130 Å². The second kappa shape index (κ2) is 23.7. The van der Waals surface area contributed by atoms with Gasteiger partial charge in [0.15, 0.2) is 0 Å². The summed E-state index contributed by atoms with van der Waals surface area (Å²) in [7, 11) is 1.12. The van der Waals surface area contributed by atoms with Gasteiger partial charge in [0.25, 0.3) is 0 Å². The number of ether oxygens (including phenoxy) is 5. The first-order valence-corrected chi connectivity index (χ1v) is 23.2. The summed E-state index contributed by atoms with van der Waals surface area (Å²) in [6, 6.07) is 26.9. The highest BCUT2D eigenvalue weighted by molar-refractivity contribution is 9.10. The van der Waals surface area contributed by atoms with E-state index >= 15 is 0 Å². The number of rotatable bonds is 16. The molecule has 1 N–H and O–H groups in total. The Bertz CT molecular complexity index is 3390. The van der Waals surface area contributed by atoms with Crippen LogP contribution in [0.4, 0.5) is 43.9 Å². The van der Waals surface area contributed by atoms with Gasteiger partial charge in [0.1, 0.15) is 82.2 Å². The maximum absolute atomic E-state index is 14.2. The van der Waals surface area contributed by atoms with Crippen molar-refractivity contribution in [3.8, 4) is 56.9 Å². The SMILES string of the molecule is COC(=O)c1cc(-n2c(C)ccc2-c2cc(Br)ccc2OCc2c(F)cc(F)cc2F)ccc1OC(F)F.Cc1ccc(-c2cc(Br)ccc2OCc2c(F)cc(F)cc2F)n1-c1ccc(OC(F)F)c(C(=O)O)c1. The molecule has 0 saturated heterocycles. The molecule has 390 valence electrons. The number of halogens is 12. The molecule has 0 radical (unpaired) electrons. The predicted molar refractivity (Wildman–Crippen MR) is 260 cm³/mol. The third-order valence-electron chi connectivity index (χ3n) is 11.1. The maximum Gasteiger partial charge on any atom is 0.387 e. The quantitative estimate of drug-likeness (QED) is 0.0752. The summed E-state index contributed by atoms with van der Waals surface area (Å²) >= 11 is 6.79. The minimum Gasteiger partial charge on any atom is -0.488 e. The van der Waals surface area contributed by atoms with E-state index in [9.17, 15) is 58.6 Å². The van der Waals surface area contributed by atoms with Crippen LogP contribution in [-0.2, 0) is 18.0 Å². The lowest BCUT2D eigenvalue weighted by Gasteiger charge is -2.18. The van der Waals surface area contributed by atoms with Crippen LogP contribution in [-0.4, -0.2) is 46.5 Å². The van der Waals surface area contributed by atoms with Crippen molar-refractivity contribution in [2.45, 2.75) is 40.3 Å². The first-order chi connectivity index (χ1) is 35.6. The number of carboxylic acid groups (broad SMARTS) is 1. The zero-order valence-corrected chi connectivity index (χ0v) is 42.0. The number of aryl methyl sites for hydroxylation is 2. The molecule has 0 aliphatic rings. The van der Waals surface area contributed by atoms with Crippen molar-refractivity contribution in [3.05, 3.63) is 199 Å². The van der Waals surface area contributed by atoms with E-state index in [4.69, 9.17) is 14.2 Å². The van der Waals surface area contributed by atoms with Gasteiger partial charge in [-0.1, -0.05) is 31.9 Å². The molecule has 6 aromatic carbocycles. The number of hydrogen-bond donors (Lipinski definition) is 1. The Balaban J connectivity index is 0.000000219.